The number of phenols is 1. The Bertz CT molecular complexity index is 871. The van der Waals surface area contributed by atoms with Crippen LogP contribution in [0.3, 0.4) is 0 Å². The maximum absolute atomic E-state index is 11.4. The number of aryl methyl sites for hydroxylation is 2. The van der Waals surface area contributed by atoms with Crippen LogP contribution in [0.15, 0.2) is 47.1 Å². The van der Waals surface area contributed by atoms with Gasteiger partial charge >= 0.3 is 5.97 Å². The number of carbonyl (C=O) groups is 1. The lowest BCUT2D eigenvalue weighted by atomic mass is 9.87. The molecule has 0 saturated heterocycles. The lowest BCUT2D eigenvalue weighted by Gasteiger charge is -2.36. The third-order valence-electron chi connectivity index (χ3n) is 5.94. The number of aromatic hydroxyl groups is 1. The zero-order valence-electron chi connectivity index (χ0n) is 19.8. The normalized spacial score (nSPS) is 18.9. The number of phenolic OH excluding ortho intramolecular Hbond substituents is 1. The van der Waals surface area contributed by atoms with Crippen LogP contribution in [0.25, 0.3) is 0 Å². The summed E-state index contributed by atoms with van der Waals surface area (Å²) in [5.41, 5.74) is 4.88. The molecule has 0 aromatic heterocycles. The molecule has 0 spiro atoms. The predicted octanol–water partition coefficient (Wildman–Crippen LogP) is 7.05. The van der Waals surface area contributed by atoms with E-state index >= 15 is 0 Å². The van der Waals surface area contributed by atoms with Crippen molar-refractivity contribution in [2.45, 2.75) is 91.6 Å². The van der Waals surface area contributed by atoms with Gasteiger partial charge in [0.05, 0.1) is 0 Å². The molecule has 0 aliphatic carbocycles. The number of aliphatic carboxylic acids is 1. The second-order valence-corrected chi connectivity index (χ2v) is 9.29. The van der Waals surface area contributed by atoms with Gasteiger partial charge in [-0.15, -0.1) is 0 Å². The van der Waals surface area contributed by atoms with Crippen LogP contribution in [0, 0.1) is 6.92 Å². The Balaban J connectivity index is 1.85. The minimum absolute atomic E-state index is 0.202. The van der Waals surface area contributed by atoms with Gasteiger partial charge < -0.3 is 14.9 Å². The van der Waals surface area contributed by atoms with Crippen LogP contribution in [0.4, 0.5) is 0 Å². The molecule has 1 aliphatic heterocycles. The number of hydrogen-bond acceptors (Lipinski definition) is 3. The van der Waals surface area contributed by atoms with Crippen molar-refractivity contribution in [3.05, 3.63) is 58.2 Å². The van der Waals surface area contributed by atoms with Crippen LogP contribution in [0.2, 0.25) is 0 Å². The van der Waals surface area contributed by atoms with Gasteiger partial charge in [0.2, 0.25) is 0 Å². The first-order chi connectivity index (χ1) is 14.6. The van der Waals surface area contributed by atoms with Crippen LogP contribution >= 0.6 is 0 Å². The third kappa shape index (κ3) is 7.93. The SMILES string of the molecule is CC(C)=CCCC(=CCCC(C)=CCC[C@@]1(C)CCc2cc(O)cc(C)c2O1)C(=O)O. The second-order valence-electron chi connectivity index (χ2n) is 9.29. The molecule has 0 bridgehead atoms. The molecule has 4 heteroatoms. The predicted molar refractivity (Wildman–Crippen MR) is 127 cm³/mol. The van der Waals surface area contributed by atoms with Crippen molar-refractivity contribution in [3.63, 3.8) is 0 Å². The maximum atomic E-state index is 11.4. The van der Waals surface area contributed by atoms with Gasteiger partial charge in [-0.1, -0.05) is 29.4 Å². The number of carboxylic acid groups (broad SMARTS) is 1. The van der Waals surface area contributed by atoms with Crippen LogP contribution in [-0.2, 0) is 11.2 Å². The summed E-state index contributed by atoms with van der Waals surface area (Å²) >= 11 is 0. The highest BCUT2D eigenvalue weighted by Crippen LogP contribution is 2.39. The molecule has 1 aromatic carbocycles. The van der Waals surface area contributed by atoms with Crippen molar-refractivity contribution >= 4 is 5.97 Å². The van der Waals surface area contributed by atoms with Crippen molar-refractivity contribution in [2.75, 3.05) is 0 Å². The molecule has 4 nitrogen and oxygen atoms in total. The fourth-order valence-electron chi connectivity index (χ4n) is 4.04. The highest BCUT2D eigenvalue weighted by molar-refractivity contribution is 5.86. The molecule has 0 unspecified atom stereocenters. The summed E-state index contributed by atoms with van der Waals surface area (Å²) in [6.45, 7) is 10.3. The van der Waals surface area contributed by atoms with Gasteiger partial charge in [-0.05, 0) is 109 Å². The Kier molecular flexibility index (Phi) is 8.97. The number of rotatable bonds is 10. The number of hydrogen-bond donors (Lipinski definition) is 2. The van der Waals surface area contributed by atoms with E-state index in [2.05, 4.69) is 26.0 Å². The number of benzene rings is 1. The molecule has 2 N–H and O–H groups in total. The zero-order chi connectivity index (χ0) is 23.0. The van der Waals surface area contributed by atoms with Gasteiger partial charge in [-0.3, -0.25) is 0 Å². The van der Waals surface area contributed by atoms with E-state index in [0.29, 0.717) is 17.7 Å². The standard InChI is InChI=1S/C27H38O4/c1-19(2)9-6-12-22(26(29)30)13-7-10-20(3)11-8-15-27(5)16-14-23-18-24(28)17-21(4)25(23)31-27/h9,11,13,17-18,28H,6-8,10,12,14-16H2,1-5H3,(H,29,30)/t27-/m0/s1. The fourth-order valence-corrected chi connectivity index (χ4v) is 4.04. The first-order valence-electron chi connectivity index (χ1n) is 11.3. The number of ether oxygens (including phenoxy) is 1. The van der Waals surface area contributed by atoms with E-state index in [-0.39, 0.29) is 5.60 Å². The molecule has 170 valence electrons. The van der Waals surface area contributed by atoms with E-state index in [1.54, 1.807) is 6.07 Å². The molecule has 1 aromatic rings. The average Bonchev–Trinajstić information content (AvgIpc) is 2.67. The quantitative estimate of drug-likeness (QED) is 0.311. The first-order valence-corrected chi connectivity index (χ1v) is 11.3. The van der Waals surface area contributed by atoms with Crippen molar-refractivity contribution in [3.8, 4) is 11.5 Å². The Morgan fingerprint density at radius 2 is 1.81 bits per heavy atom. The molecule has 0 radical (unpaired) electrons. The Hall–Kier alpha value is -2.49. The van der Waals surface area contributed by atoms with Crippen LogP contribution < -0.4 is 4.74 Å². The highest BCUT2D eigenvalue weighted by atomic mass is 16.5. The monoisotopic (exact) mass is 426 g/mol. The smallest absolute Gasteiger partial charge is 0.331 e. The summed E-state index contributed by atoms with van der Waals surface area (Å²) in [6, 6.07) is 3.57. The molecule has 0 fully saturated rings. The Morgan fingerprint density at radius 3 is 2.48 bits per heavy atom. The maximum Gasteiger partial charge on any atom is 0.331 e. The highest BCUT2D eigenvalue weighted by Gasteiger charge is 2.31. The van der Waals surface area contributed by atoms with Crippen molar-refractivity contribution in [2.24, 2.45) is 0 Å². The first kappa shape index (κ1) is 24.8. The molecule has 2 rings (SSSR count). The van der Waals surface area contributed by atoms with Gasteiger partial charge in [0.15, 0.2) is 0 Å². The van der Waals surface area contributed by atoms with Gasteiger partial charge in [0.25, 0.3) is 0 Å². The van der Waals surface area contributed by atoms with Crippen LogP contribution in [0.5, 0.6) is 11.5 Å². The summed E-state index contributed by atoms with van der Waals surface area (Å²) < 4.78 is 6.36. The molecule has 1 heterocycles. The number of fused-ring (bicyclic) bond motifs is 1. The largest absolute Gasteiger partial charge is 0.508 e. The van der Waals surface area contributed by atoms with Gasteiger partial charge in [0, 0.05) is 5.57 Å². The van der Waals surface area contributed by atoms with Crippen molar-refractivity contribution < 1.29 is 19.7 Å². The second kappa shape index (κ2) is 11.2. The number of carboxylic acids is 1. The fraction of sp³-hybridized carbons (Fsp3) is 0.519. The van der Waals surface area contributed by atoms with Crippen LogP contribution in [0.1, 0.15) is 83.8 Å². The van der Waals surface area contributed by atoms with Crippen molar-refractivity contribution in [1.82, 2.24) is 0 Å². The molecular formula is C27H38O4. The van der Waals surface area contributed by atoms with E-state index in [0.717, 1.165) is 61.8 Å². The average molecular weight is 427 g/mol. The minimum Gasteiger partial charge on any atom is -0.508 e. The molecule has 0 saturated carbocycles. The van der Waals surface area contributed by atoms with Crippen LogP contribution in [-0.4, -0.2) is 21.8 Å². The van der Waals surface area contributed by atoms with Gasteiger partial charge in [-0.25, -0.2) is 4.79 Å². The molecule has 31 heavy (non-hydrogen) atoms. The van der Waals surface area contributed by atoms with Gasteiger partial charge in [0.1, 0.15) is 17.1 Å². The summed E-state index contributed by atoms with van der Waals surface area (Å²) in [4.78, 5) is 11.4. The number of allylic oxidation sites excluding steroid dienone is 5. The van der Waals surface area contributed by atoms with E-state index < -0.39 is 5.97 Å². The molecule has 1 aliphatic rings. The van der Waals surface area contributed by atoms with E-state index in [1.807, 2.05) is 32.9 Å². The lowest BCUT2D eigenvalue weighted by Crippen LogP contribution is -2.36. The van der Waals surface area contributed by atoms with E-state index in [1.165, 1.54) is 11.1 Å². The Labute approximate surface area is 187 Å². The van der Waals surface area contributed by atoms with Crippen molar-refractivity contribution in [1.29, 1.82) is 0 Å². The summed E-state index contributed by atoms with van der Waals surface area (Å²) in [5, 5.41) is 19.2. The summed E-state index contributed by atoms with van der Waals surface area (Å²) in [6.07, 6.45) is 12.9. The topological polar surface area (TPSA) is 66.8 Å². The molecular weight excluding hydrogens is 388 g/mol. The van der Waals surface area contributed by atoms with E-state index in [9.17, 15) is 15.0 Å². The third-order valence-corrected chi connectivity index (χ3v) is 5.94. The summed E-state index contributed by atoms with van der Waals surface area (Å²) in [7, 11) is 0. The zero-order valence-corrected chi connectivity index (χ0v) is 19.8. The molecule has 1 atom stereocenters. The summed E-state index contributed by atoms with van der Waals surface area (Å²) in [5.74, 6) is 0.417. The lowest BCUT2D eigenvalue weighted by molar-refractivity contribution is -0.132. The van der Waals surface area contributed by atoms with E-state index in [4.69, 9.17) is 4.74 Å². The van der Waals surface area contributed by atoms with Gasteiger partial charge in [-0.2, -0.15) is 0 Å². The minimum atomic E-state index is -0.810. The molecule has 0 amide bonds. The Morgan fingerprint density at radius 1 is 1.10 bits per heavy atom.